The third-order valence-corrected chi connectivity index (χ3v) is 3.66. The summed E-state index contributed by atoms with van der Waals surface area (Å²) in [6.07, 6.45) is 3.29. The third-order valence-electron chi connectivity index (χ3n) is 2.35. The fourth-order valence-electron chi connectivity index (χ4n) is 1.44. The van der Waals surface area contributed by atoms with Crippen LogP contribution in [0.3, 0.4) is 0 Å². The summed E-state index contributed by atoms with van der Waals surface area (Å²) in [5.74, 6) is 0.405. The van der Waals surface area contributed by atoms with Gasteiger partial charge in [0.1, 0.15) is 12.4 Å². The number of aliphatic hydroxyl groups excluding tert-OH is 1. The molecular weight excluding hydrogens is 304 g/mol. The first-order chi connectivity index (χ1) is 9.54. The zero-order valence-corrected chi connectivity index (χ0v) is 11.8. The molecule has 9 heteroatoms. The summed E-state index contributed by atoms with van der Waals surface area (Å²) in [5, 5.41) is 25.5. The van der Waals surface area contributed by atoms with Gasteiger partial charge in [0.2, 0.25) is 0 Å². The molecule has 0 aliphatic rings. The molecule has 2 aromatic rings. The van der Waals surface area contributed by atoms with Crippen LogP contribution in [0, 0.1) is 10.1 Å². The van der Waals surface area contributed by atoms with Crippen molar-refractivity contribution in [2.24, 2.45) is 0 Å². The second-order valence-corrected chi connectivity index (χ2v) is 5.43. The molecule has 0 amide bonds. The van der Waals surface area contributed by atoms with Gasteiger partial charge in [0, 0.05) is 11.9 Å². The van der Waals surface area contributed by atoms with Crippen LogP contribution in [0.4, 0.5) is 5.69 Å². The molecule has 0 saturated heterocycles. The van der Waals surface area contributed by atoms with Crippen LogP contribution in [-0.4, -0.2) is 36.7 Å². The molecule has 20 heavy (non-hydrogen) atoms. The maximum absolute atomic E-state index is 10.5. The van der Waals surface area contributed by atoms with Crippen molar-refractivity contribution in [1.29, 1.82) is 0 Å². The van der Waals surface area contributed by atoms with Gasteiger partial charge in [-0.05, 0) is 12.1 Å². The summed E-state index contributed by atoms with van der Waals surface area (Å²) in [7, 11) is 0. The van der Waals surface area contributed by atoms with Crippen molar-refractivity contribution >= 4 is 29.1 Å². The molecular formula is C11H11ClN4O3S. The minimum absolute atomic E-state index is 0.0933. The standard InChI is InChI=1S/C11H11ClN4O3S/c12-8-1-2-11(13-3-8)20-7-10(17)6-15-5-9(4-14-15)16(18)19/h1-5,10,17H,6-7H2. The van der Waals surface area contributed by atoms with Crippen LogP contribution in [0.5, 0.6) is 0 Å². The van der Waals surface area contributed by atoms with E-state index in [9.17, 15) is 15.2 Å². The topological polar surface area (TPSA) is 94.1 Å². The Morgan fingerprint density at radius 3 is 2.90 bits per heavy atom. The van der Waals surface area contributed by atoms with Crippen molar-refractivity contribution in [3.05, 3.63) is 45.9 Å². The number of aromatic nitrogens is 3. The molecule has 106 valence electrons. The number of hydrogen-bond donors (Lipinski definition) is 1. The Balaban J connectivity index is 1.84. The van der Waals surface area contributed by atoms with Crippen molar-refractivity contribution in [2.75, 3.05) is 5.75 Å². The molecule has 2 aromatic heterocycles. The zero-order chi connectivity index (χ0) is 14.5. The largest absolute Gasteiger partial charge is 0.390 e. The molecule has 1 unspecified atom stereocenters. The lowest BCUT2D eigenvalue weighted by molar-refractivity contribution is -0.385. The third kappa shape index (κ3) is 4.19. The molecule has 1 atom stereocenters. The number of rotatable bonds is 6. The average molecular weight is 315 g/mol. The van der Waals surface area contributed by atoms with Crippen molar-refractivity contribution in [2.45, 2.75) is 17.7 Å². The second-order valence-electron chi connectivity index (χ2n) is 3.96. The zero-order valence-electron chi connectivity index (χ0n) is 10.2. The van der Waals surface area contributed by atoms with Crippen molar-refractivity contribution < 1.29 is 10.0 Å². The summed E-state index contributed by atoms with van der Waals surface area (Å²) < 4.78 is 1.35. The van der Waals surface area contributed by atoms with Gasteiger partial charge in [-0.3, -0.25) is 14.8 Å². The van der Waals surface area contributed by atoms with Gasteiger partial charge in [-0.15, -0.1) is 11.8 Å². The van der Waals surface area contributed by atoms with Crippen LogP contribution in [0.1, 0.15) is 0 Å². The van der Waals surface area contributed by atoms with Gasteiger partial charge in [-0.25, -0.2) is 4.98 Å². The van der Waals surface area contributed by atoms with E-state index in [0.29, 0.717) is 10.8 Å². The molecule has 0 radical (unpaired) electrons. The molecule has 1 N–H and O–H groups in total. The van der Waals surface area contributed by atoms with Crippen LogP contribution in [0.15, 0.2) is 35.7 Å². The Morgan fingerprint density at radius 1 is 1.50 bits per heavy atom. The normalized spacial score (nSPS) is 12.3. The summed E-state index contributed by atoms with van der Waals surface area (Å²) in [4.78, 5) is 14.1. The summed E-state index contributed by atoms with van der Waals surface area (Å²) >= 11 is 7.10. The summed E-state index contributed by atoms with van der Waals surface area (Å²) in [6.45, 7) is 0.189. The van der Waals surface area contributed by atoms with Crippen LogP contribution < -0.4 is 0 Å². The molecule has 7 nitrogen and oxygen atoms in total. The molecule has 0 spiro atoms. The van der Waals surface area contributed by atoms with E-state index in [-0.39, 0.29) is 12.2 Å². The van der Waals surface area contributed by atoms with E-state index in [0.717, 1.165) is 11.2 Å². The fraction of sp³-hybridized carbons (Fsp3) is 0.273. The van der Waals surface area contributed by atoms with Crippen LogP contribution in [-0.2, 0) is 6.54 Å². The first kappa shape index (κ1) is 14.8. The van der Waals surface area contributed by atoms with E-state index in [4.69, 9.17) is 11.6 Å². The predicted octanol–water partition coefficient (Wildman–Crippen LogP) is 1.99. The van der Waals surface area contributed by atoms with E-state index in [1.165, 1.54) is 28.8 Å². The molecule has 2 rings (SSSR count). The number of hydrogen-bond acceptors (Lipinski definition) is 6. The maximum atomic E-state index is 10.5. The minimum Gasteiger partial charge on any atom is -0.390 e. The highest BCUT2D eigenvalue weighted by Gasteiger charge is 2.12. The lowest BCUT2D eigenvalue weighted by atomic mass is 10.4. The first-order valence-corrected chi connectivity index (χ1v) is 7.00. The summed E-state index contributed by atoms with van der Waals surface area (Å²) in [6, 6.07) is 3.48. The Kier molecular flexibility index (Phi) is 4.94. The fourth-order valence-corrected chi connectivity index (χ4v) is 2.32. The van der Waals surface area contributed by atoms with Gasteiger partial charge in [0.05, 0.1) is 27.6 Å². The van der Waals surface area contributed by atoms with Crippen molar-refractivity contribution in [3.8, 4) is 0 Å². The predicted molar refractivity (Wildman–Crippen MR) is 74.9 cm³/mol. The van der Waals surface area contributed by atoms with Gasteiger partial charge in [-0.2, -0.15) is 5.10 Å². The van der Waals surface area contributed by atoms with Crippen LogP contribution >= 0.6 is 23.4 Å². The molecule has 2 heterocycles. The quantitative estimate of drug-likeness (QED) is 0.498. The Hall–Kier alpha value is -1.64. The average Bonchev–Trinajstić information content (AvgIpc) is 2.87. The van der Waals surface area contributed by atoms with Crippen LogP contribution in [0.2, 0.25) is 5.02 Å². The number of nitro groups is 1. The Morgan fingerprint density at radius 2 is 2.30 bits per heavy atom. The molecule has 0 aliphatic heterocycles. The monoisotopic (exact) mass is 314 g/mol. The van der Waals surface area contributed by atoms with Crippen molar-refractivity contribution in [1.82, 2.24) is 14.8 Å². The Bertz CT molecular complexity index is 590. The van der Waals surface area contributed by atoms with Gasteiger partial charge in [0.15, 0.2) is 0 Å². The number of nitrogens with zero attached hydrogens (tertiary/aromatic N) is 4. The minimum atomic E-state index is -0.683. The number of aliphatic hydroxyl groups is 1. The van der Waals surface area contributed by atoms with E-state index in [2.05, 4.69) is 10.1 Å². The van der Waals surface area contributed by atoms with E-state index in [1.54, 1.807) is 12.1 Å². The Labute approximate surface area is 123 Å². The molecule has 0 aromatic carbocycles. The SMILES string of the molecule is O=[N+]([O-])c1cnn(CC(O)CSc2ccc(Cl)cn2)c1. The number of halogens is 1. The second kappa shape index (κ2) is 6.69. The maximum Gasteiger partial charge on any atom is 0.306 e. The molecule has 0 saturated carbocycles. The lowest BCUT2D eigenvalue weighted by Crippen LogP contribution is -2.18. The van der Waals surface area contributed by atoms with E-state index in [1.807, 2.05) is 0 Å². The van der Waals surface area contributed by atoms with Gasteiger partial charge in [-0.1, -0.05) is 11.6 Å². The van der Waals surface area contributed by atoms with Gasteiger partial charge in [0.25, 0.3) is 0 Å². The highest BCUT2D eigenvalue weighted by Crippen LogP contribution is 2.18. The molecule has 0 bridgehead atoms. The highest BCUT2D eigenvalue weighted by atomic mass is 35.5. The smallest absolute Gasteiger partial charge is 0.306 e. The van der Waals surface area contributed by atoms with E-state index < -0.39 is 11.0 Å². The highest BCUT2D eigenvalue weighted by molar-refractivity contribution is 7.99. The molecule has 0 aliphatic carbocycles. The lowest BCUT2D eigenvalue weighted by Gasteiger charge is -2.09. The number of pyridine rings is 1. The summed E-state index contributed by atoms with van der Waals surface area (Å²) in [5.41, 5.74) is -0.0933. The van der Waals surface area contributed by atoms with Crippen molar-refractivity contribution in [3.63, 3.8) is 0 Å². The van der Waals surface area contributed by atoms with E-state index >= 15 is 0 Å². The van der Waals surface area contributed by atoms with Gasteiger partial charge >= 0.3 is 5.69 Å². The number of thioether (sulfide) groups is 1. The first-order valence-electron chi connectivity index (χ1n) is 5.64. The van der Waals surface area contributed by atoms with Crippen LogP contribution in [0.25, 0.3) is 0 Å². The van der Waals surface area contributed by atoms with Gasteiger partial charge < -0.3 is 5.11 Å². The molecule has 0 fully saturated rings.